The third-order valence-corrected chi connectivity index (χ3v) is 5.96. The second kappa shape index (κ2) is 5.78. The van der Waals surface area contributed by atoms with Gasteiger partial charge in [0.1, 0.15) is 0 Å². The van der Waals surface area contributed by atoms with Gasteiger partial charge in [-0.1, -0.05) is 18.2 Å². The Labute approximate surface area is 118 Å². The highest BCUT2D eigenvalue weighted by atomic mass is 35.5. The van der Waals surface area contributed by atoms with Crippen LogP contribution in [-0.2, 0) is 10.0 Å². The van der Waals surface area contributed by atoms with Crippen molar-refractivity contribution in [1.82, 2.24) is 4.31 Å². The molecule has 0 spiro atoms. The van der Waals surface area contributed by atoms with Crippen molar-refractivity contribution in [3.05, 3.63) is 30.3 Å². The Hall–Kier alpha value is -0.290. The molecule has 0 aliphatic carbocycles. The minimum Gasteiger partial charge on any atom is -0.207 e. The monoisotopic (exact) mass is 307 g/mol. The van der Waals surface area contributed by atoms with Crippen molar-refractivity contribution < 1.29 is 8.42 Å². The molecule has 1 aliphatic rings. The molecule has 0 bridgehead atoms. The van der Waals surface area contributed by atoms with E-state index in [2.05, 4.69) is 0 Å². The zero-order valence-corrected chi connectivity index (χ0v) is 12.1. The van der Waals surface area contributed by atoms with E-state index in [4.69, 9.17) is 23.2 Å². The summed E-state index contributed by atoms with van der Waals surface area (Å²) in [6.45, 7) is 0. The predicted octanol–water partition coefficient (Wildman–Crippen LogP) is 2.69. The van der Waals surface area contributed by atoms with Gasteiger partial charge < -0.3 is 0 Å². The van der Waals surface area contributed by atoms with Gasteiger partial charge in [0.2, 0.25) is 10.0 Å². The van der Waals surface area contributed by atoms with Crippen LogP contribution in [0.2, 0.25) is 0 Å². The van der Waals surface area contributed by atoms with Gasteiger partial charge in [0.25, 0.3) is 0 Å². The number of sulfonamides is 1. The van der Waals surface area contributed by atoms with Crippen LogP contribution >= 0.6 is 23.2 Å². The Morgan fingerprint density at radius 2 is 1.56 bits per heavy atom. The molecule has 0 unspecified atom stereocenters. The summed E-state index contributed by atoms with van der Waals surface area (Å²) in [5, 5.41) is 0. The van der Waals surface area contributed by atoms with Crippen LogP contribution in [0.25, 0.3) is 0 Å². The van der Waals surface area contributed by atoms with Crippen molar-refractivity contribution in [3.8, 4) is 0 Å². The van der Waals surface area contributed by atoms with Crippen LogP contribution in [0.1, 0.15) is 12.8 Å². The molecule has 6 heteroatoms. The van der Waals surface area contributed by atoms with Crippen LogP contribution in [0.15, 0.2) is 35.2 Å². The number of halogens is 2. The molecule has 0 saturated carbocycles. The lowest BCUT2D eigenvalue weighted by molar-refractivity contribution is 0.355. The van der Waals surface area contributed by atoms with Gasteiger partial charge in [-0.2, -0.15) is 4.31 Å². The molecule has 0 amide bonds. The van der Waals surface area contributed by atoms with Gasteiger partial charge in [-0.15, -0.1) is 23.2 Å². The van der Waals surface area contributed by atoms with E-state index in [0.29, 0.717) is 16.7 Å². The second-order valence-electron chi connectivity index (χ2n) is 4.34. The zero-order valence-electron chi connectivity index (χ0n) is 9.80. The number of hydrogen-bond donors (Lipinski definition) is 0. The van der Waals surface area contributed by atoms with Crippen LogP contribution in [0.3, 0.4) is 0 Å². The van der Waals surface area contributed by atoms with E-state index in [1.165, 1.54) is 4.31 Å². The third kappa shape index (κ3) is 2.52. The van der Waals surface area contributed by atoms with E-state index in [0.717, 1.165) is 12.8 Å². The molecule has 2 atom stereocenters. The van der Waals surface area contributed by atoms with Crippen LogP contribution in [0, 0.1) is 0 Å². The lowest BCUT2D eigenvalue weighted by Crippen LogP contribution is -2.42. The maximum Gasteiger partial charge on any atom is 0.243 e. The van der Waals surface area contributed by atoms with Crippen molar-refractivity contribution in [3.63, 3.8) is 0 Å². The van der Waals surface area contributed by atoms with Crippen molar-refractivity contribution in [1.29, 1.82) is 0 Å². The molecular formula is C12H15Cl2NO2S. The maximum absolute atomic E-state index is 12.6. The lowest BCUT2D eigenvalue weighted by Gasteiger charge is -2.27. The first kappa shape index (κ1) is 14.1. The van der Waals surface area contributed by atoms with Gasteiger partial charge in [-0.25, -0.2) is 8.42 Å². The topological polar surface area (TPSA) is 37.4 Å². The standard InChI is InChI=1S/C12H15Cl2NO2S/c13-8-10-6-7-11(9-14)15(10)18(16,17)12-4-2-1-3-5-12/h1-5,10-11H,6-9H2/t10-,11+. The van der Waals surface area contributed by atoms with Gasteiger partial charge >= 0.3 is 0 Å². The Balaban J connectivity index is 2.39. The summed E-state index contributed by atoms with van der Waals surface area (Å²) >= 11 is 11.7. The predicted molar refractivity (Wildman–Crippen MR) is 73.7 cm³/mol. The van der Waals surface area contributed by atoms with Gasteiger partial charge in [-0.3, -0.25) is 0 Å². The van der Waals surface area contributed by atoms with Crippen molar-refractivity contribution in [2.45, 2.75) is 29.8 Å². The summed E-state index contributed by atoms with van der Waals surface area (Å²) in [6.07, 6.45) is 1.54. The summed E-state index contributed by atoms with van der Waals surface area (Å²) in [5.74, 6) is 0.610. The molecule has 2 rings (SSSR count). The SMILES string of the molecule is O=S(=O)(c1ccccc1)N1[C@H](CCl)CC[C@@H]1CCl. The van der Waals surface area contributed by atoms with Gasteiger partial charge in [0.15, 0.2) is 0 Å². The minimum absolute atomic E-state index is 0.152. The summed E-state index contributed by atoms with van der Waals surface area (Å²) in [5.41, 5.74) is 0. The van der Waals surface area contributed by atoms with Crippen LogP contribution in [0.4, 0.5) is 0 Å². The van der Waals surface area contributed by atoms with Gasteiger partial charge in [-0.05, 0) is 25.0 Å². The molecule has 0 radical (unpaired) electrons. The van der Waals surface area contributed by atoms with Crippen molar-refractivity contribution >= 4 is 33.2 Å². The highest BCUT2D eigenvalue weighted by Crippen LogP contribution is 2.32. The average Bonchev–Trinajstić information content (AvgIpc) is 2.83. The maximum atomic E-state index is 12.6. The molecule has 0 aromatic heterocycles. The Morgan fingerprint density at radius 1 is 1.06 bits per heavy atom. The summed E-state index contributed by atoms with van der Waals surface area (Å²) in [6, 6.07) is 8.12. The molecule has 100 valence electrons. The molecule has 0 N–H and O–H groups in total. The zero-order chi connectivity index (χ0) is 13.2. The van der Waals surface area contributed by atoms with Crippen molar-refractivity contribution in [2.24, 2.45) is 0 Å². The highest BCUT2D eigenvalue weighted by molar-refractivity contribution is 7.89. The molecule has 1 saturated heterocycles. The minimum atomic E-state index is -3.50. The number of alkyl halides is 2. The fraction of sp³-hybridized carbons (Fsp3) is 0.500. The van der Waals surface area contributed by atoms with Gasteiger partial charge in [0.05, 0.1) is 4.90 Å². The van der Waals surface area contributed by atoms with Crippen LogP contribution < -0.4 is 0 Å². The number of rotatable bonds is 4. The van der Waals surface area contributed by atoms with E-state index in [1.807, 2.05) is 0 Å². The number of benzene rings is 1. The fourth-order valence-corrected chi connectivity index (χ4v) is 4.99. The van der Waals surface area contributed by atoms with Crippen molar-refractivity contribution in [2.75, 3.05) is 11.8 Å². The second-order valence-corrected chi connectivity index (χ2v) is 6.80. The highest BCUT2D eigenvalue weighted by Gasteiger charge is 2.41. The Kier molecular flexibility index (Phi) is 4.54. The lowest BCUT2D eigenvalue weighted by atomic mass is 10.2. The first-order valence-corrected chi connectivity index (χ1v) is 8.32. The Bertz CT molecular complexity index is 480. The largest absolute Gasteiger partial charge is 0.243 e. The van der Waals surface area contributed by atoms with E-state index in [-0.39, 0.29) is 12.1 Å². The summed E-state index contributed by atoms with van der Waals surface area (Å²) in [7, 11) is -3.50. The molecule has 3 nitrogen and oxygen atoms in total. The van der Waals surface area contributed by atoms with Crippen LogP contribution in [0.5, 0.6) is 0 Å². The molecule has 1 heterocycles. The molecule has 1 aromatic carbocycles. The average molecular weight is 308 g/mol. The third-order valence-electron chi connectivity index (χ3n) is 3.23. The Morgan fingerprint density at radius 3 is 2.00 bits per heavy atom. The molecule has 1 aromatic rings. The summed E-state index contributed by atoms with van der Waals surface area (Å²) in [4.78, 5) is 0.303. The van der Waals surface area contributed by atoms with E-state index in [9.17, 15) is 8.42 Å². The molecule has 18 heavy (non-hydrogen) atoms. The normalized spacial score (nSPS) is 25.4. The summed E-state index contributed by atoms with van der Waals surface area (Å²) < 4.78 is 26.7. The smallest absolute Gasteiger partial charge is 0.207 e. The molecule has 1 aliphatic heterocycles. The molecule has 1 fully saturated rings. The quantitative estimate of drug-likeness (QED) is 0.802. The fourth-order valence-electron chi connectivity index (χ4n) is 2.33. The number of nitrogens with zero attached hydrogens (tertiary/aromatic N) is 1. The van der Waals surface area contributed by atoms with E-state index < -0.39 is 10.0 Å². The first-order valence-electron chi connectivity index (χ1n) is 5.81. The molecular weight excluding hydrogens is 293 g/mol. The van der Waals surface area contributed by atoms with E-state index in [1.54, 1.807) is 30.3 Å². The van der Waals surface area contributed by atoms with Gasteiger partial charge in [0, 0.05) is 23.8 Å². The van der Waals surface area contributed by atoms with E-state index >= 15 is 0 Å². The number of hydrogen-bond acceptors (Lipinski definition) is 2. The van der Waals surface area contributed by atoms with Crippen LogP contribution in [-0.4, -0.2) is 36.6 Å². The first-order chi connectivity index (χ1) is 8.61.